The third kappa shape index (κ3) is 4.27. The number of nitrogens with zero attached hydrogens (tertiary/aromatic N) is 3. The van der Waals surface area contributed by atoms with Crippen LogP contribution in [0, 0.1) is 5.82 Å². The highest BCUT2D eigenvalue weighted by Gasteiger charge is 2.27. The van der Waals surface area contributed by atoms with E-state index in [1.165, 1.54) is 24.3 Å². The molecule has 0 saturated heterocycles. The van der Waals surface area contributed by atoms with Crippen LogP contribution in [0.5, 0.6) is 0 Å². The average molecular weight is 436 g/mol. The summed E-state index contributed by atoms with van der Waals surface area (Å²) in [6.45, 7) is 4.91. The van der Waals surface area contributed by atoms with Crippen LogP contribution >= 0.6 is 0 Å². The lowest BCUT2D eigenvalue weighted by Gasteiger charge is -2.27. The second-order valence-electron chi connectivity index (χ2n) is 8.42. The van der Waals surface area contributed by atoms with Gasteiger partial charge in [0.25, 0.3) is 5.91 Å². The van der Waals surface area contributed by atoms with E-state index in [0.29, 0.717) is 36.5 Å². The van der Waals surface area contributed by atoms with E-state index < -0.39 is 5.54 Å². The van der Waals surface area contributed by atoms with Crippen molar-refractivity contribution in [2.75, 3.05) is 19.5 Å². The smallest absolute Gasteiger partial charge is 0.251 e. The Morgan fingerprint density at radius 3 is 2.62 bits per heavy atom. The summed E-state index contributed by atoms with van der Waals surface area (Å²) in [5.41, 5.74) is 8.39. The van der Waals surface area contributed by atoms with Crippen LogP contribution in [0.1, 0.15) is 29.9 Å². The van der Waals surface area contributed by atoms with Crippen molar-refractivity contribution in [3.8, 4) is 0 Å². The van der Waals surface area contributed by atoms with Crippen LogP contribution in [0.4, 0.5) is 10.2 Å². The van der Waals surface area contributed by atoms with Crippen LogP contribution < -0.4 is 11.1 Å². The molecule has 0 aliphatic carbocycles. The van der Waals surface area contributed by atoms with Crippen molar-refractivity contribution in [3.05, 3.63) is 65.6 Å². The highest BCUT2D eigenvalue weighted by Crippen LogP contribution is 2.32. The number of benzene rings is 2. The molecule has 0 bridgehead atoms. The lowest BCUT2D eigenvalue weighted by molar-refractivity contribution is 0.0912. The number of nitrogens with two attached hydrogens (primary N) is 1. The number of nitrogens with one attached hydrogen (secondary N) is 1. The first-order valence-electron chi connectivity index (χ1n) is 10.4. The summed E-state index contributed by atoms with van der Waals surface area (Å²) in [4.78, 5) is 17.3. The molecule has 2 aromatic heterocycles. The van der Waals surface area contributed by atoms with Crippen molar-refractivity contribution in [1.82, 2.24) is 20.1 Å². The van der Waals surface area contributed by atoms with Gasteiger partial charge in [-0.2, -0.15) is 5.10 Å². The van der Waals surface area contributed by atoms with Gasteiger partial charge >= 0.3 is 0 Å². The van der Waals surface area contributed by atoms with Crippen LogP contribution in [-0.2, 0) is 17.7 Å². The van der Waals surface area contributed by atoms with Gasteiger partial charge in [0.2, 0.25) is 0 Å². The Bertz CT molecular complexity index is 1280. The van der Waals surface area contributed by atoms with E-state index >= 15 is 0 Å². The standard InChI is InChI=1S/C24H26FN5O2/c1-24(2,28-23(31)15-8-10-16(25)11-9-15)14-19-20-17-6-4-5-7-18(17)27-22(26)21(20)29-30(19)12-13-32-3/h4-11H,12-14H2,1-3H3,(H2,26,27)(H,28,31). The topological polar surface area (TPSA) is 95.1 Å². The van der Waals surface area contributed by atoms with Crippen molar-refractivity contribution in [2.24, 2.45) is 0 Å². The predicted molar refractivity (Wildman–Crippen MR) is 123 cm³/mol. The third-order valence-electron chi connectivity index (χ3n) is 5.39. The number of halogens is 1. The summed E-state index contributed by atoms with van der Waals surface area (Å²) in [5.74, 6) is -0.287. The van der Waals surface area contributed by atoms with Crippen molar-refractivity contribution in [2.45, 2.75) is 32.4 Å². The molecule has 8 heteroatoms. The molecule has 166 valence electrons. The molecule has 0 atom stereocenters. The number of anilines is 1. The molecule has 7 nitrogen and oxygen atoms in total. The Kier molecular flexibility index (Phi) is 5.80. The fourth-order valence-electron chi connectivity index (χ4n) is 3.91. The first-order valence-corrected chi connectivity index (χ1v) is 10.4. The minimum atomic E-state index is -0.623. The first kappa shape index (κ1) is 21.7. The van der Waals surface area contributed by atoms with E-state index in [4.69, 9.17) is 15.6 Å². The van der Waals surface area contributed by atoms with Gasteiger partial charge in [-0.15, -0.1) is 0 Å². The van der Waals surface area contributed by atoms with Gasteiger partial charge in [-0.25, -0.2) is 9.37 Å². The number of amides is 1. The van der Waals surface area contributed by atoms with Crippen molar-refractivity contribution in [1.29, 1.82) is 0 Å². The Balaban J connectivity index is 1.76. The Hall–Kier alpha value is -3.52. The molecule has 1 amide bonds. The molecule has 2 aromatic carbocycles. The maximum Gasteiger partial charge on any atom is 0.251 e. The monoisotopic (exact) mass is 435 g/mol. The number of aromatic nitrogens is 3. The number of nitrogen functional groups attached to an aromatic ring is 1. The number of ether oxygens (including phenoxy) is 1. The molecular formula is C24H26FN5O2. The molecule has 0 fully saturated rings. The molecule has 32 heavy (non-hydrogen) atoms. The SMILES string of the molecule is COCCn1nc2c(N)nc3ccccc3c2c1CC(C)(C)NC(=O)c1ccc(F)cc1. The minimum Gasteiger partial charge on any atom is -0.383 e. The second-order valence-corrected chi connectivity index (χ2v) is 8.42. The first-order chi connectivity index (χ1) is 15.3. The Labute approximate surface area is 185 Å². The van der Waals surface area contributed by atoms with E-state index in [1.54, 1.807) is 7.11 Å². The molecule has 0 aliphatic heterocycles. The molecule has 2 heterocycles. The van der Waals surface area contributed by atoms with Crippen LogP contribution in [0.3, 0.4) is 0 Å². The summed E-state index contributed by atoms with van der Waals surface area (Å²) < 4.78 is 20.4. The summed E-state index contributed by atoms with van der Waals surface area (Å²) in [5, 5.41) is 9.67. The van der Waals surface area contributed by atoms with Crippen molar-refractivity contribution < 1.29 is 13.9 Å². The number of hydrogen-bond acceptors (Lipinski definition) is 5. The van der Waals surface area contributed by atoms with Gasteiger partial charge in [0.05, 0.1) is 18.7 Å². The van der Waals surface area contributed by atoms with Crippen LogP contribution in [0.25, 0.3) is 21.8 Å². The number of fused-ring (bicyclic) bond motifs is 3. The zero-order valence-corrected chi connectivity index (χ0v) is 18.4. The number of rotatable bonds is 7. The number of methoxy groups -OCH3 is 1. The number of hydrogen-bond donors (Lipinski definition) is 2. The summed E-state index contributed by atoms with van der Waals surface area (Å²) in [6, 6.07) is 13.3. The van der Waals surface area contributed by atoms with Crippen LogP contribution in [0.15, 0.2) is 48.5 Å². The quantitative estimate of drug-likeness (QED) is 0.462. The van der Waals surface area contributed by atoms with Crippen molar-refractivity contribution >= 4 is 33.5 Å². The van der Waals surface area contributed by atoms with Gasteiger partial charge in [0.15, 0.2) is 5.82 Å². The van der Waals surface area contributed by atoms with Gasteiger partial charge in [-0.1, -0.05) is 18.2 Å². The zero-order valence-electron chi connectivity index (χ0n) is 18.4. The van der Waals surface area contributed by atoms with E-state index in [0.717, 1.165) is 22.0 Å². The Morgan fingerprint density at radius 1 is 1.19 bits per heavy atom. The van der Waals surface area contributed by atoms with E-state index in [9.17, 15) is 9.18 Å². The molecule has 0 unspecified atom stereocenters. The molecule has 4 rings (SSSR count). The number of pyridine rings is 1. The predicted octanol–water partition coefficient (Wildman–Crippen LogP) is 3.70. The lowest BCUT2D eigenvalue weighted by atomic mass is 9.94. The number of para-hydroxylation sites is 1. The maximum atomic E-state index is 13.2. The average Bonchev–Trinajstić information content (AvgIpc) is 3.10. The highest BCUT2D eigenvalue weighted by atomic mass is 19.1. The molecule has 0 radical (unpaired) electrons. The fraction of sp³-hybridized carbons (Fsp3) is 0.292. The van der Waals surface area contributed by atoms with Crippen LogP contribution in [-0.4, -0.2) is 39.9 Å². The van der Waals surface area contributed by atoms with Gasteiger partial charge in [0.1, 0.15) is 11.3 Å². The van der Waals surface area contributed by atoms with Gasteiger partial charge in [0, 0.05) is 41.1 Å². The minimum absolute atomic E-state index is 0.270. The summed E-state index contributed by atoms with van der Waals surface area (Å²) in [6.07, 6.45) is 0.494. The fourth-order valence-corrected chi connectivity index (χ4v) is 3.91. The van der Waals surface area contributed by atoms with Gasteiger partial charge in [-0.05, 0) is 44.2 Å². The van der Waals surface area contributed by atoms with E-state index in [-0.39, 0.29) is 11.7 Å². The molecule has 0 aliphatic rings. The Morgan fingerprint density at radius 2 is 1.91 bits per heavy atom. The van der Waals surface area contributed by atoms with Gasteiger partial charge < -0.3 is 15.8 Å². The molecule has 0 spiro atoms. The van der Waals surface area contributed by atoms with E-state index in [1.807, 2.05) is 42.8 Å². The molecular weight excluding hydrogens is 409 g/mol. The highest BCUT2D eigenvalue weighted by molar-refractivity contribution is 6.09. The number of carbonyl (C=O) groups is 1. The third-order valence-corrected chi connectivity index (χ3v) is 5.39. The number of carbonyl (C=O) groups excluding carboxylic acids is 1. The maximum absolute atomic E-state index is 13.2. The zero-order chi connectivity index (χ0) is 22.9. The van der Waals surface area contributed by atoms with Gasteiger partial charge in [-0.3, -0.25) is 9.48 Å². The summed E-state index contributed by atoms with van der Waals surface area (Å²) in [7, 11) is 1.64. The molecule has 4 aromatic rings. The van der Waals surface area contributed by atoms with Crippen LogP contribution in [0.2, 0.25) is 0 Å². The largest absolute Gasteiger partial charge is 0.383 e. The summed E-state index contributed by atoms with van der Waals surface area (Å²) >= 11 is 0. The van der Waals surface area contributed by atoms with E-state index in [2.05, 4.69) is 10.3 Å². The van der Waals surface area contributed by atoms with Crippen molar-refractivity contribution in [3.63, 3.8) is 0 Å². The molecule has 3 N–H and O–H groups in total. The second kappa shape index (κ2) is 8.55. The molecule has 0 saturated carbocycles. The lowest BCUT2D eigenvalue weighted by Crippen LogP contribution is -2.45. The normalized spacial score (nSPS) is 11.9.